The lowest BCUT2D eigenvalue weighted by Gasteiger charge is -2.28. The molecule has 4 heteroatoms. The largest absolute Gasteiger partial charge is 0.500 e. The Kier molecular flexibility index (Phi) is 5.83. The zero-order valence-corrected chi connectivity index (χ0v) is 20.6. The molecule has 0 spiro atoms. The summed E-state index contributed by atoms with van der Waals surface area (Å²) in [5, 5.41) is 0. The van der Waals surface area contributed by atoms with Gasteiger partial charge in [0.2, 0.25) is 0 Å². The summed E-state index contributed by atoms with van der Waals surface area (Å²) in [4.78, 5) is 2.75. The Morgan fingerprint density at radius 2 is 1.44 bits per heavy atom. The molecule has 32 heavy (non-hydrogen) atoms. The number of rotatable bonds is 5. The molecule has 2 aliphatic rings. The molecule has 2 atom stereocenters. The van der Waals surface area contributed by atoms with Crippen LogP contribution in [0.2, 0.25) is 0 Å². The monoisotopic (exact) mass is 460 g/mol. The number of hydrogen-bond acceptors (Lipinski definition) is 4. The molecule has 0 saturated heterocycles. The summed E-state index contributed by atoms with van der Waals surface area (Å²) in [6, 6.07) is 9.18. The molecule has 0 N–H and O–H groups in total. The number of hydrogen-bond donors (Lipinski definition) is 0. The molecular formula is C28H28O2S2. The molecule has 2 unspecified atom stereocenters. The summed E-state index contributed by atoms with van der Waals surface area (Å²) < 4.78 is 14.5. The average Bonchev–Trinajstić information content (AvgIpc) is 3.36. The van der Waals surface area contributed by atoms with Crippen molar-refractivity contribution in [3.05, 3.63) is 93.8 Å². The summed E-state index contributed by atoms with van der Waals surface area (Å²) in [5.41, 5.74) is 5.45. The topological polar surface area (TPSA) is 18.5 Å². The second-order valence-corrected chi connectivity index (χ2v) is 10.7. The third kappa shape index (κ3) is 3.56. The van der Waals surface area contributed by atoms with Gasteiger partial charge in [-0.1, -0.05) is 42.5 Å². The Morgan fingerprint density at radius 1 is 0.844 bits per heavy atom. The normalized spacial score (nSPS) is 20.4. The molecular weight excluding hydrogens is 432 g/mol. The Labute approximate surface area is 198 Å². The van der Waals surface area contributed by atoms with Gasteiger partial charge in [0.15, 0.2) is 0 Å². The lowest BCUT2D eigenvalue weighted by Crippen LogP contribution is -2.12. The number of thiophene rings is 2. The maximum atomic E-state index is 5.82. The van der Waals surface area contributed by atoms with Crippen LogP contribution < -0.4 is 0 Å². The van der Waals surface area contributed by atoms with Crippen molar-refractivity contribution in [2.45, 2.75) is 38.5 Å². The molecule has 5 rings (SSSR count). The molecule has 164 valence electrons. The Balaban J connectivity index is 1.74. The lowest BCUT2D eigenvalue weighted by atomic mass is 9.80. The van der Waals surface area contributed by atoms with Gasteiger partial charge in [0.1, 0.15) is 11.5 Å². The zero-order valence-electron chi connectivity index (χ0n) is 19.0. The zero-order chi connectivity index (χ0) is 22.2. The van der Waals surface area contributed by atoms with Gasteiger partial charge < -0.3 is 9.47 Å². The van der Waals surface area contributed by atoms with Crippen molar-refractivity contribution in [2.24, 2.45) is 0 Å². The molecule has 1 aromatic carbocycles. The van der Waals surface area contributed by atoms with E-state index in [1.165, 1.54) is 41.4 Å². The van der Waals surface area contributed by atoms with Gasteiger partial charge in [0.05, 0.1) is 14.2 Å². The standard InChI is InChI=1S/C28H28O2S2/c1-17-18(2)31-26-16-25(32-28(17)26)27-21(19-10-5-7-14-23(19)29-3)12-9-13-22(27)20-11-6-8-15-24(20)30-4/h5-9,12-16,19-20H,10-11H2,1-4H3. The highest BCUT2D eigenvalue weighted by Crippen LogP contribution is 2.49. The number of ether oxygens (including phenoxy) is 2. The smallest absolute Gasteiger partial charge is 0.103 e. The van der Waals surface area contributed by atoms with Crippen LogP contribution >= 0.6 is 22.7 Å². The van der Waals surface area contributed by atoms with Gasteiger partial charge in [-0.25, -0.2) is 0 Å². The molecule has 0 radical (unpaired) electrons. The first-order valence-electron chi connectivity index (χ1n) is 11.1. The number of fused-ring (bicyclic) bond motifs is 1. The first kappa shape index (κ1) is 21.3. The van der Waals surface area contributed by atoms with Crippen LogP contribution in [0.5, 0.6) is 0 Å². The second-order valence-electron chi connectivity index (χ2n) is 8.38. The third-order valence-electron chi connectivity index (χ3n) is 6.65. The van der Waals surface area contributed by atoms with Crippen molar-refractivity contribution in [1.29, 1.82) is 0 Å². The summed E-state index contributed by atoms with van der Waals surface area (Å²) in [7, 11) is 3.57. The molecule has 0 fully saturated rings. The van der Waals surface area contributed by atoms with Crippen molar-refractivity contribution < 1.29 is 9.47 Å². The summed E-state index contributed by atoms with van der Waals surface area (Å²) in [5.74, 6) is 2.50. The van der Waals surface area contributed by atoms with E-state index in [0.717, 1.165) is 24.4 Å². The number of benzene rings is 1. The van der Waals surface area contributed by atoms with Crippen LogP contribution in [0.1, 0.15) is 46.2 Å². The summed E-state index contributed by atoms with van der Waals surface area (Å²) in [6.07, 6.45) is 14.8. The van der Waals surface area contributed by atoms with E-state index in [1.54, 1.807) is 14.2 Å². The molecule has 2 aliphatic carbocycles. The van der Waals surface area contributed by atoms with Crippen LogP contribution in [0.4, 0.5) is 0 Å². The highest BCUT2D eigenvalue weighted by Gasteiger charge is 2.29. The highest BCUT2D eigenvalue weighted by molar-refractivity contribution is 7.29. The number of methoxy groups -OCH3 is 2. The first-order valence-corrected chi connectivity index (χ1v) is 12.7. The van der Waals surface area contributed by atoms with E-state index in [9.17, 15) is 0 Å². The van der Waals surface area contributed by atoms with Gasteiger partial charge in [-0.05, 0) is 67.2 Å². The SMILES string of the molecule is COC1=CC=CCC1c1cccc(C2CC=CC=C2OC)c1-c1cc2sc(C)c(C)c2s1. The van der Waals surface area contributed by atoms with Crippen molar-refractivity contribution in [3.8, 4) is 10.4 Å². The van der Waals surface area contributed by atoms with Crippen LogP contribution in [0.15, 0.2) is 72.2 Å². The predicted molar refractivity (Wildman–Crippen MR) is 138 cm³/mol. The fourth-order valence-electron chi connectivity index (χ4n) is 4.89. The van der Waals surface area contributed by atoms with Crippen LogP contribution in [-0.2, 0) is 9.47 Å². The van der Waals surface area contributed by atoms with Gasteiger partial charge in [-0.2, -0.15) is 0 Å². The van der Waals surface area contributed by atoms with Gasteiger partial charge in [0.25, 0.3) is 0 Å². The van der Waals surface area contributed by atoms with Gasteiger partial charge in [-0.3, -0.25) is 0 Å². The van der Waals surface area contributed by atoms with E-state index in [0.29, 0.717) is 0 Å². The van der Waals surface area contributed by atoms with E-state index in [-0.39, 0.29) is 11.8 Å². The van der Waals surface area contributed by atoms with Gasteiger partial charge in [-0.15, -0.1) is 22.7 Å². The van der Waals surface area contributed by atoms with E-state index in [4.69, 9.17) is 9.47 Å². The lowest BCUT2D eigenvalue weighted by molar-refractivity contribution is 0.261. The maximum absolute atomic E-state index is 5.82. The van der Waals surface area contributed by atoms with E-state index < -0.39 is 0 Å². The minimum atomic E-state index is 0.219. The third-order valence-corrected chi connectivity index (χ3v) is 9.21. The minimum absolute atomic E-state index is 0.219. The second kappa shape index (κ2) is 8.76. The van der Waals surface area contributed by atoms with Crippen molar-refractivity contribution in [2.75, 3.05) is 14.2 Å². The number of aryl methyl sites for hydroxylation is 2. The van der Waals surface area contributed by atoms with Crippen molar-refractivity contribution >= 4 is 32.1 Å². The molecule has 0 amide bonds. The quantitative estimate of drug-likeness (QED) is 0.380. The molecule has 0 saturated carbocycles. The Morgan fingerprint density at radius 3 is 1.97 bits per heavy atom. The van der Waals surface area contributed by atoms with Gasteiger partial charge in [0, 0.05) is 31.0 Å². The molecule has 0 bridgehead atoms. The Hall–Kier alpha value is -2.56. The fourth-order valence-corrected chi connectivity index (χ4v) is 7.49. The highest BCUT2D eigenvalue weighted by atomic mass is 32.1. The van der Waals surface area contributed by atoms with Crippen LogP contribution in [0.3, 0.4) is 0 Å². The molecule has 0 aliphatic heterocycles. The van der Waals surface area contributed by atoms with Crippen LogP contribution in [0.25, 0.3) is 19.8 Å². The van der Waals surface area contributed by atoms with Crippen LogP contribution in [0, 0.1) is 13.8 Å². The van der Waals surface area contributed by atoms with Crippen LogP contribution in [-0.4, -0.2) is 14.2 Å². The maximum Gasteiger partial charge on any atom is 0.103 e. The van der Waals surface area contributed by atoms with E-state index >= 15 is 0 Å². The number of allylic oxidation sites excluding steroid dienone is 8. The molecule has 2 heterocycles. The minimum Gasteiger partial charge on any atom is -0.500 e. The molecule has 2 nitrogen and oxygen atoms in total. The van der Waals surface area contributed by atoms with Crippen molar-refractivity contribution in [1.82, 2.24) is 0 Å². The van der Waals surface area contributed by atoms with E-state index in [2.05, 4.69) is 74.6 Å². The van der Waals surface area contributed by atoms with Crippen molar-refractivity contribution in [3.63, 3.8) is 0 Å². The first-order chi connectivity index (χ1) is 15.6. The average molecular weight is 461 g/mol. The summed E-state index contributed by atoms with van der Waals surface area (Å²) >= 11 is 3.83. The predicted octanol–water partition coefficient (Wildman–Crippen LogP) is 8.39. The molecule has 2 aromatic heterocycles. The Bertz CT molecular complexity index is 1230. The molecule has 3 aromatic rings. The van der Waals surface area contributed by atoms with E-state index in [1.807, 2.05) is 22.7 Å². The summed E-state index contributed by atoms with van der Waals surface area (Å²) in [6.45, 7) is 4.47. The fraction of sp³-hybridized carbons (Fsp3) is 0.286. The van der Waals surface area contributed by atoms with Gasteiger partial charge >= 0.3 is 0 Å².